The van der Waals surface area contributed by atoms with E-state index in [9.17, 15) is 14.1 Å². The van der Waals surface area contributed by atoms with Crippen LogP contribution in [0.2, 0.25) is 5.02 Å². The third-order valence-electron chi connectivity index (χ3n) is 9.38. The van der Waals surface area contributed by atoms with E-state index in [1.54, 1.807) is 19.3 Å². The van der Waals surface area contributed by atoms with Crippen LogP contribution >= 0.6 is 11.6 Å². The number of aliphatic hydroxyl groups excluding tert-OH is 1. The first-order valence-electron chi connectivity index (χ1n) is 14.4. The normalized spacial score (nSPS) is 34.3. The summed E-state index contributed by atoms with van der Waals surface area (Å²) in [6.45, 7) is 2.02. The molecule has 2 aromatic rings. The largest absolute Gasteiger partial charge is 0.490 e. The Labute approximate surface area is 247 Å². The Morgan fingerprint density at radius 1 is 1.20 bits per heavy atom. The van der Waals surface area contributed by atoms with Crippen molar-refractivity contribution in [3.63, 3.8) is 0 Å². The molecule has 1 spiro atoms. The number of fused-ring (bicyclic) bond motifs is 4. The van der Waals surface area contributed by atoms with Gasteiger partial charge in [0.1, 0.15) is 15.7 Å². The van der Waals surface area contributed by atoms with Gasteiger partial charge in [0.25, 0.3) is 5.91 Å². The summed E-state index contributed by atoms with van der Waals surface area (Å²) in [7, 11) is -1.62. The number of nitrogens with two attached hydrogens (primary N) is 1. The van der Waals surface area contributed by atoms with Crippen molar-refractivity contribution in [1.82, 2.24) is 0 Å². The molecule has 0 aromatic heterocycles. The number of rotatable bonds is 1. The maximum absolute atomic E-state index is 13.2. The SMILES string of the molecule is CO[C@H]1/C=C/[C@@H](O)CC[S@](N)(=O)=NC(=O)c2ccc3c(c2)N(C[C@@H]2CC[C@H]21)C[C@@]1(CCCc2cc(Cl)ccc21)CO3. The molecular weight excluding hydrogens is 562 g/mol. The van der Waals surface area contributed by atoms with Gasteiger partial charge in [-0.15, -0.1) is 4.36 Å². The molecule has 41 heavy (non-hydrogen) atoms. The second kappa shape index (κ2) is 11.3. The van der Waals surface area contributed by atoms with E-state index in [1.165, 1.54) is 11.1 Å². The number of anilines is 1. The molecule has 2 bridgehead atoms. The Bertz CT molecular complexity index is 1490. The second-order valence-corrected chi connectivity index (χ2v) is 14.4. The molecule has 0 radical (unpaired) electrons. The summed E-state index contributed by atoms with van der Waals surface area (Å²) >= 11 is 6.39. The van der Waals surface area contributed by atoms with Crippen molar-refractivity contribution < 1.29 is 23.6 Å². The molecule has 2 aliphatic heterocycles. The summed E-state index contributed by atoms with van der Waals surface area (Å²) in [5.74, 6) is 0.639. The fourth-order valence-corrected chi connectivity index (χ4v) is 8.29. The molecular formula is C31H38ClN3O5S. The average molecular weight is 600 g/mol. The predicted molar refractivity (Wildman–Crippen MR) is 161 cm³/mol. The maximum Gasteiger partial charge on any atom is 0.286 e. The number of hydrogen-bond acceptors (Lipinski definition) is 6. The molecule has 1 amide bonds. The summed E-state index contributed by atoms with van der Waals surface area (Å²) < 4.78 is 29.3. The molecule has 0 saturated heterocycles. The Balaban J connectivity index is 1.44. The summed E-state index contributed by atoms with van der Waals surface area (Å²) in [6, 6.07) is 11.5. The number of aryl methyl sites for hydroxylation is 1. The van der Waals surface area contributed by atoms with E-state index in [0.717, 1.165) is 61.7 Å². The summed E-state index contributed by atoms with van der Waals surface area (Å²) in [5, 5.41) is 17.2. The van der Waals surface area contributed by atoms with E-state index in [0.29, 0.717) is 18.1 Å². The maximum atomic E-state index is 13.2. The van der Waals surface area contributed by atoms with E-state index < -0.39 is 21.9 Å². The van der Waals surface area contributed by atoms with Crippen LogP contribution in [0.1, 0.15) is 53.6 Å². The first kappa shape index (κ1) is 28.7. The third-order valence-corrected chi connectivity index (χ3v) is 10.9. The summed E-state index contributed by atoms with van der Waals surface area (Å²) in [6.07, 6.45) is 7.83. The average Bonchev–Trinajstić information content (AvgIpc) is 3.08. The Kier molecular flexibility index (Phi) is 7.93. The summed E-state index contributed by atoms with van der Waals surface area (Å²) in [5.41, 5.74) is 3.46. The standard InChI is InChI=1S/C31H38ClN3O5S/c1-39-28-11-7-24(36)12-14-41(33,38)34-30(37)21-5-10-29-27(16-21)35(17-22-4-8-25(22)28)18-31(19-40-29)13-2-3-20-15-23(32)6-9-26(20)31/h5-7,9-11,15-16,22,24-25,28,36H,2-4,8,12-14,17-19H2,1H3,(H2,33,34,37,38)/b11-7+/t22-,24+,25+,28-,31-,41+/m0/s1. The lowest BCUT2D eigenvalue weighted by Gasteiger charge is -2.46. The minimum atomic E-state index is -3.32. The lowest BCUT2D eigenvalue weighted by molar-refractivity contribution is 0.0126. The Hall–Kier alpha value is -2.43. The molecule has 6 atom stereocenters. The van der Waals surface area contributed by atoms with E-state index in [4.69, 9.17) is 26.2 Å². The van der Waals surface area contributed by atoms with Crippen LogP contribution in [0, 0.1) is 11.8 Å². The number of nitrogens with zero attached hydrogens (tertiary/aromatic N) is 2. The van der Waals surface area contributed by atoms with Gasteiger partial charge in [-0.3, -0.25) is 4.79 Å². The molecule has 3 N–H and O–H groups in total. The molecule has 4 aliphatic rings. The quantitative estimate of drug-likeness (QED) is 0.461. The zero-order valence-corrected chi connectivity index (χ0v) is 24.9. The number of amides is 1. The van der Waals surface area contributed by atoms with Gasteiger partial charge in [-0.05, 0) is 91.8 Å². The van der Waals surface area contributed by atoms with Crippen LogP contribution in [0.3, 0.4) is 0 Å². The van der Waals surface area contributed by atoms with E-state index in [-0.39, 0.29) is 29.6 Å². The lowest BCUT2D eigenvalue weighted by atomic mass is 9.68. The van der Waals surface area contributed by atoms with E-state index in [1.807, 2.05) is 24.3 Å². The zero-order valence-electron chi connectivity index (χ0n) is 23.3. The number of aliphatic hydroxyl groups is 1. The molecule has 220 valence electrons. The highest BCUT2D eigenvalue weighted by Gasteiger charge is 2.44. The molecule has 10 heteroatoms. The molecule has 2 aliphatic carbocycles. The van der Waals surface area contributed by atoms with Crippen molar-refractivity contribution in [3.05, 3.63) is 70.3 Å². The Morgan fingerprint density at radius 3 is 2.83 bits per heavy atom. The van der Waals surface area contributed by atoms with Gasteiger partial charge in [0.05, 0.1) is 24.5 Å². The molecule has 1 fully saturated rings. The van der Waals surface area contributed by atoms with Crippen LogP contribution in [-0.4, -0.2) is 60.0 Å². The number of benzene rings is 2. The number of carbonyl (C=O) groups is 1. The monoisotopic (exact) mass is 599 g/mol. The van der Waals surface area contributed by atoms with Crippen molar-refractivity contribution in [1.29, 1.82) is 0 Å². The molecule has 6 rings (SSSR count). The predicted octanol–water partition coefficient (Wildman–Crippen LogP) is 4.66. The van der Waals surface area contributed by atoms with Crippen LogP contribution in [-0.2, 0) is 26.5 Å². The minimum absolute atomic E-state index is 0.0972. The van der Waals surface area contributed by atoms with Gasteiger partial charge in [-0.25, -0.2) is 9.35 Å². The minimum Gasteiger partial charge on any atom is -0.490 e. The van der Waals surface area contributed by atoms with Crippen LogP contribution in [0.4, 0.5) is 5.69 Å². The van der Waals surface area contributed by atoms with Gasteiger partial charge in [-0.2, -0.15) is 0 Å². The Morgan fingerprint density at radius 2 is 2.05 bits per heavy atom. The first-order chi connectivity index (χ1) is 19.7. The molecule has 0 unspecified atom stereocenters. The number of ether oxygens (including phenoxy) is 2. The van der Waals surface area contributed by atoms with Crippen molar-refractivity contribution in [2.24, 2.45) is 21.3 Å². The highest BCUT2D eigenvalue weighted by atomic mass is 35.5. The highest BCUT2D eigenvalue weighted by Crippen LogP contribution is 2.47. The fourth-order valence-electron chi connectivity index (χ4n) is 7.04. The molecule has 2 heterocycles. The zero-order chi connectivity index (χ0) is 28.8. The van der Waals surface area contributed by atoms with Gasteiger partial charge in [-0.1, -0.05) is 29.8 Å². The van der Waals surface area contributed by atoms with Crippen molar-refractivity contribution in [3.8, 4) is 5.75 Å². The van der Waals surface area contributed by atoms with E-state index >= 15 is 0 Å². The number of halogens is 1. The highest BCUT2D eigenvalue weighted by molar-refractivity contribution is 7.91. The van der Waals surface area contributed by atoms with Gasteiger partial charge in [0.15, 0.2) is 0 Å². The van der Waals surface area contributed by atoms with Crippen LogP contribution < -0.4 is 14.8 Å². The molecule has 8 nitrogen and oxygen atoms in total. The second-order valence-electron chi connectivity index (χ2n) is 12.0. The smallest absolute Gasteiger partial charge is 0.286 e. The number of carbonyl (C=O) groups excluding carboxylic acids is 1. The van der Waals surface area contributed by atoms with Gasteiger partial charge in [0.2, 0.25) is 0 Å². The van der Waals surface area contributed by atoms with Crippen LogP contribution in [0.15, 0.2) is 52.9 Å². The lowest BCUT2D eigenvalue weighted by Crippen LogP contribution is -2.49. The topological polar surface area (TPSA) is 114 Å². The van der Waals surface area contributed by atoms with Gasteiger partial charge < -0.3 is 19.5 Å². The number of methoxy groups -OCH3 is 1. The molecule has 2 aromatic carbocycles. The molecule has 1 saturated carbocycles. The van der Waals surface area contributed by atoms with Gasteiger partial charge >= 0.3 is 0 Å². The van der Waals surface area contributed by atoms with Crippen molar-refractivity contribution >= 4 is 33.1 Å². The number of hydrogen-bond donors (Lipinski definition) is 2. The fraction of sp³-hybridized carbons (Fsp3) is 0.516. The van der Waals surface area contributed by atoms with Crippen molar-refractivity contribution in [2.45, 2.75) is 56.1 Å². The van der Waals surface area contributed by atoms with Crippen molar-refractivity contribution in [2.75, 3.05) is 37.5 Å². The third kappa shape index (κ3) is 5.79. The van der Waals surface area contributed by atoms with E-state index in [2.05, 4.69) is 21.4 Å². The van der Waals surface area contributed by atoms with Gasteiger partial charge in [0, 0.05) is 42.0 Å². The summed E-state index contributed by atoms with van der Waals surface area (Å²) in [4.78, 5) is 15.6. The van der Waals surface area contributed by atoms with Crippen LogP contribution in [0.5, 0.6) is 5.75 Å². The van der Waals surface area contributed by atoms with Crippen LogP contribution in [0.25, 0.3) is 0 Å². The first-order valence-corrected chi connectivity index (χ1v) is 16.6.